The van der Waals surface area contributed by atoms with Crippen LogP contribution in [0.4, 0.5) is 5.82 Å². The fraction of sp³-hybridized carbons (Fsp3) is 0.615. The Morgan fingerprint density at radius 1 is 1.40 bits per heavy atom. The van der Waals surface area contributed by atoms with Crippen molar-refractivity contribution in [3.05, 3.63) is 17.8 Å². The summed E-state index contributed by atoms with van der Waals surface area (Å²) < 4.78 is 5.77. The van der Waals surface area contributed by atoms with E-state index in [0.29, 0.717) is 30.8 Å². The largest absolute Gasteiger partial charge is 0.376 e. The molecule has 0 radical (unpaired) electrons. The summed E-state index contributed by atoms with van der Waals surface area (Å²) in [6.07, 6.45) is 2.50. The molecule has 0 saturated carbocycles. The second kappa shape index (κ2) is 7.76. The zero-order chi connectivity index (χ0) is 14.2. The maximum atomic E-state index is 11.3. The number of amides is 1. The molecule has 1 amide bonds. The van der Waals surface area contributed by atoms with Gasteiger partial charge in [0.2, 0.25) is 0 Å². The number of nitrogens with one attached hydrogen (secondary N) is 3. The quantitative estimate of drug-likeness (QED) is 0.636. The first-order valence-electron chi connectivity index (χ1n) is 6.91. The lowest BCUT2D eigenvalue weighted by Crippen LogP contribution is -2.33. The molecule has 1 aliphatic rings. The molecule has 0 atom stereocenters. The highest BCUT2D eigenvalue weighted by molar-refractivity contribution is 5.91. The molecule has 2 rings (SSSR count). The maximum absolute atomic E-state index is 11.3. The Bertz CT molecular complexity index is 417. The molecule has 1 aromatic heterocycles. The summed E-state index contributed by atoms with van der Waals surface area (Å²) >= 11 is 0. The molecule has 1 fully saturated rings. The number of carbonyl (C=O) groups is 1. The lowest BCUT2D eigenvalue weighted by molar-refractivity contribution is 0.0394. The first kappa shape index (κ1) is 14.7. The summed E-state index contributed by atoms with van der Waals surface area (Å²) in [4.78, 5) is 11.3. The number of nitrogens with zero attached hydrogens (tertiary/aromatic N) is 2. The SMILES string of the molecule is CNC(=O)c1ccc(NCCOC2CCNCC2)nn1. The van der Waals surface area contributed by atoms with Crippen molar-refractivity contribution in [2.24, 2.45) is 0 Å². The fourth-order valence-electron chi connectivity index (χ4n) is 2.04. The number of hydrogen-bond acceptors (Lipinski definition) is 6. The van der Waals surface area contributed by atoms with E-state index >= 15 is 0 Å². The Balaban J connectivity index is 1.67. The summed E-state index contributed by atoms with van der Waals surface area (Å²) in [5, 5.41) is 16.7. The number of ether oxygens (including phenoxy) is 1. The van der Waals surface area contributed by atoms with Gasteiger partial charge in [0.05, 0.1) is 12.7 Å². The lowest BCUT2D eigenvalue weighted by atomic mass is 10.1. The molecule has 2 heterocycles. The molecule has 3 N–H and O–H groups in total. The van der Waals surface area contributed by atoms with Gasteiger partial charge >= 0.3 is 0 Å². The fourth-order valence-corrected chi connectivity index (χ4v) is 2.04. The number of aromatic nitrogens is 2. The average molecular weight is 279 g/mol. The summed E-state index contributed by atoms with van der Waals surface area (Å²) in [5.41, 5.74) is 0.309. The van der Waals surface area contributed by atoms with E-state index in [-0.39, 0.29) is 5.91 Å². The van der Waals surface area contributed by atoms with E-state index in [1.165, 1.54) is 0 Å². The van der Waals surface area contributed by atoms with Crippen molar-refractivity contribution in [1.82, 2.24) is 20.8 Å². The number of piperidine rings is 1. The zero-order valence-electron chi connectivity index (χ0n) is 11.7. The summed E-state index contributed by atoms with van der Waals surface area (Å²) in [7, 11) is 1.56. The third-order valence-corrected chi connectivity index (χ3v) is 3.17. The van der Waals surface area contributed by atoms with Crippen molar-refractivity contribution >= 4 is 11.7 Å². The van der Waals surface area contributed by atoms with Gasteiger partial charge in [-0.25, -0.2) is 0 Å². The van der Waals surface area contributed by atoms with Crippen LogP contribution in [0, 0.1) is 0 Å². The van der Waals surface area contributed by atoms with E-state index in [4.69, 9.17) is 4.74 Å². The first-order chi connectivity index (χ1) is 9.79. The Kier molecular flexibility index (Phi) is 5.69. The van der Waals surface area contributed by atoms with Crippen LogP contribution < -0.4 is 16.0 Å². The van der Waals surface area contributed by atoms with Gasteiger partial charge in [-0.05, 0) is 38.1 Å². The molecule has 7 heteroatoms. The predicted octanol–water partition coefficient (Wildman–Crippen LogP) is 0.0167. The van der Waals surface area contributed by atoms with Crippen molar-refractivity contribution in [2.75, 3.05) is 38.6 Å². The Hall–Kier alpha value is -1.73. The second-order valence-electron chi connectivity index (χ2n) is 4.63. The van der Waals surface area contributed by atoms with Crippen LogP contribution in [0.3, 0.4) is 0 Å². The molecule has 0 aliphatic carbocycles. The molecule has 1 saturated heterocycles. The molecule has 7 nitrogen and oxygen atoms in total. The van der Waals surface area contributed by atoms with Crippen LogP contribution in [0.1, 0.15) is 23.3 Å². The van der Waals surface area contributed by atoms with Crippen LogP contribution >= 0.6 is 0 Å². The van der Waals surface area contributed by atoms with Gasteiger partial charge in [-0.15, -0.1) is 10.2 Å². The van der Waals surface area contributed by atoms with Gasteiger partial charge in [0.1, 0.15) is 5.82 Å². The van der Waals surface area contributed by atoms with Crippen LogP contribution in [-0.2, 0) is 4.74 Å². The molecule has 1 aromatic rings. The average Bonchev–Trinajstić information content (AvgIpc) is 2.52. The lowest BCUT2D eigenvalue weighted by Gasteiger charge is -2.22. The first-order valence-corrected chi connectivity index (χ1v) is 6.91. The van der Waals surface area contributed by atoms with Crippen molar-refractivity contribution in [3.63, 3.8) is 0 Å². The van der Waals surface area contributed by atoms with Gasteiger partial charge in [0, 0.05) is 13.6 Å². The van der Waals surface area contributed by atoms with E-state index in [2.05, 4.69) is 26.1 Å². The normalized spacial score (nSPS) is 15.8. The van der Waals surface area contributed by atoms with Crippen molar-refractivity contribution in [2.45, 2.75) is 18.9 Å². The van der Waals surface area contributed by atoms with E-state index in [0.717, 1.165) is 25.9 Å². The number of carbonyl (C=O) groups excluding carboxylic acids is 1. The minimum absolute atomic E-state index is 0.238. The van der Waals surface area contributed by atoms with Crippen LogP contribution in [0.15, 0.2) is 12.1 Å². The minimum Gasteiger partial charge on any atom is -0.376 e. The van der Waals surface area contributed by atoms with Crippen molar-refractivity contribution in [3.8, 4) is 0 Å². The molecule has 0 spiro atoms. The number of rotatable bonds is 6. The van der Waals surface area contributed by atoms with Gasteiger partial charge in [-0.2, -0.15) is 0 Å². The molecule has 1 aliphatic heterocycles. The van der Waals surface area contributed by atoms with Crippen molar-refractivity contribution in [1.29, 1.82) is 0 Å². The van der Waals surface area contributed by atoms with Gasteiger partial charge in [0.25, 0.3) is 5.91 Å². The predicted molar refractivity (Wildman–Crippen MR) is 75.8 cm³/mol. The van der Waals surface area contributed by atoms with Crippen LogP contribution in [0.2, 0.25) is 0 Å². The van der Waals surface area contributed by atoms with E-state index in [9.17, 15) is 4.79 Å². The number of anilines is 1. The van der Waals surface area contributed by atoms with Gasteiger partial charge in [-0.3, -0.25) is 4.79 Å². The topological polar surface area (TPSA) is 88.2 Å². The van der Waals surface area contributed by atoms with Gasteiger partial charge in [0.15, 0.2) is 5.69 Å². The van der Waals surface area contributed by atoms with Crippen LogP contribution in [-0.4, -0.2) is 55.5 Å². The Morgan fingerprint density at radius 2 is 2.20 bits per heavy atom. The third-order valence-electron chi connectivity index (χ3n) is 3.17. The standard InChI is InChI=1S/C13H21N5O2/c1-14-13(19)11-2-3-12(18-17-11)16-8-9-20-10-4-6-15-7-5-10/h2-3,10,15H,4-9H2,1H3,(H,14,19)(H,16,18). The smallest absolute Gasteiger partial charge is 0.271 e. The second-order valence-corrected chi connectivity index (χ2v) is 4.63. The monoisotopic (exact) mass is 279 g/mol. The maximum Gasteiger partial charge on any atom is 0.271 e. The molecule has 0 bridgehead atoms. The highest BCUT2D eigenvalue weighted by Crippen LogP contribution is 2.07. The Morgan fingerprint density at radius 3 is 2.85 bits per heavy atom. The van der Waals surface area contributed by atoms with E-state index < -0.39 is 0 Å². The highest BCUT2D eigenvalue weighted by atomic mass is 16.5. The zero-order valence-corrected chi connectivity index (χ0v) is 11.7. The molecular formula is C13H21N5O2. The van der Waals surface area contributed by atoms with E-state index in [1.54, 1.807) is 19.2 Å². The minimum atomic E-state index is -0.238. The third kappa shape index (κ3) is 4.43. The van der Waals surface area contributed by atoms with E-state index in [1.807, 2.05) is 0 Å². The molecule has 110 valence electrons. The Labute approximate surface area is 118 Å². The summed E-state index contributed by atoms with van der Waals surface area (Å²) in [5.74, 6) is 0.407. The van der Waals surface area contributed by atoms with Crippen molar-refractivity contribution < 1.29 is 9.53 Å². The molecule has 0 aromatic carbocycles. The molecular weight excluding hydrogens is 258 g/mol. The summed E-state index contributed by atoms with van der Waals surface area (Å²) in [6.45, 7) is 3.39. The van der Waals surface area contributed by atoms with Crippen LogP contribution in [0.25, 0.3) is 0 Å². The van der Waals surface area contributed by atoms with Gasteiger partial charge < -0.3 is 20.7 Å². The molecule has 20 heavy (non-hydrogen) atoms. The molecule has 0 unspecified atom stereocenters. The van der Waals surface area contributed by atoms with Crippen LogP contribution in [0.5, 0.6) is 0 Å². The highest BCUT2D eigenvalue weighted by Gasteiger charge is 2.12. The summed E-state index contributed by atoms with van der Waals surface area (Å²) in [6, 6.07) is 3.38. The number of hydrogen-bond donors (Lipinski definition) is 3. The van der Waals surface area contributed by atoms with Gasteiger partial charge in [-0.1, -0.05) is 0 Å².